The summed E-state index contributed by atoms with van der Waals surface area (Å²) in [6.07, 6.45) is 1.47. The number of carbonyl (C=O) groups is 1. The Kier molecular flexibility index (Phi) is 5.42. The molecule has 2 aromatic heterocycles. The van der Waals surface area contributed by atoms with Gasteiger partial charge in [0.05, 0.1) is 34.1 Å². The van der Waals surface area contributed by atoms with Crippen molar-refractivity contribution >= 4 is 11.4 Å². The maximum atomic E-state index is 14.6. The molecule has 34 heavy (non-hydrogen) atoms. The third-order valence-electron chi connectivity index (χ3n) is 6.50. The second kappa shape index (κ2) is 8.31. The van der Waals surface area contributed by atoms with E-state index >= 15 is 0 Å². The van der Waals surface area contributed by atoms with Crippen molar-refractivity contribution < 1.29 is 18.0 Å². The first kappa shape index (κ1) is 22.2. The van der Waals surface area contributed by atoms with Gasteiger partial charge in [-0.15, -0.1) is 0 Å². The lowest BCUT2D eigenvalue weighted by Gasteiger charge is -2.18. The topological polar surface area (TPSA) is 46.4 Å². The molecule has 0 radical (unpaired) electrons. The summed E-state index contributed by atoms with van der Waals surface area (Å²) in [5, 5.41) is 7.61. The molecular weight excluding hydrogens is 439 g/mol. The van der Waals surface area contributed by atoms with E-state index in [1.807, 2.05) is 13.8 Å². The molecule has 0 spiro atoms. The molecule has 1 atom stereocenters. The van der Waals surface area contributed by atoms with Gasteiger partial charge in [-0.05, 0) is 73.2 Å². The largest absolute Gasteiger partial charge is 0.345 e. The number of pyridine rings is 1. The summed E-state index contributed by atoms with van der Waals surface area (Å²) in [5.41, 5.74) is 4.11. The number of hydrogen-bond donors (Lipinski definition) is 1. The highest BCUT2D eigenvalue weighted by molar-refractivity contribution is 5.97. The fraction of sp³-hybridized carbons (Fsp3) is 0.259. The quantitative estimate of drug-likeness (QED) is 0.388. The van der Waals surface area contributed by atoms with Crippen LogP contribution in [0, 0.1) is 24.4 Å². The van der Waals surface area contributed by atoms with Gasteiger partial charge in [-0.25, -0.2) is 17.7 Å². The minimum absolute atomic E-state index is 0.102. The zero-order chi connectivity index (χ0) is 24.1. The molecule has 0 fully saturated rings. The van der Waals surface area contributed by atoms with E-state index in [9.17, 15) is 18.0 Å². The Labute approximate surface area is 195 Å². The molecule has 1 amide bonds. The first-order valence-corrected chi connectivity index (χ1v) is 11.3. The number of halogens is 3. The summed E-state index contributed by atoms with van der Waals surface area (Å²) in [6, 6.07) is 11.5. The zero-order valence-corrected chi connectivity index (χ0v) is 19.1. The number of aryl methyl sites for hydroxylation is 2. The van der Waals surface area contributed by atoms with Crippen LogP contribution in [0.5, 0.6) is 0 Å². The van der Waals surface area contributed by atoms with Crippen molar-refractivity contribution in [3.05, 3.63) is 94.1 Å². The molecule has 1 aliphatic rings. The number of nitrogens with zero attached hydrogens (tertiary/aromatic N) is 2. The van der Waals surface area contributed by atoms with Crippen molar-refractivity contribution in [1.82, 2.24) is 14.9 Å². The van der Waals surface area contributed by atoms with E-state index in [1.165, 1.54) is 30.3 Å². The highest BCUT2D eigenvalue weighted by Crippen LogP contribution is 2.36. The second-order valence-corrected chi connectivity index (χ2v) is 9.05. The van der Waals surface area contributed by atoms with Gasteiger partial charge in [0, 0.05) is 5.56 Å². The minimum atomic E-state index is -0.668. The minimum Gasteiger partial charge on any atom is -0.345 e. The number of hydrogen-bond acceptors (Lipinski definition) is 2. The van der Waals surface area contributed by atoms with Crippen LogP contribution < -0.4 is 5.32 Å². The molecule has 1 aliphatic carbocycles. The van der Waals surface area contributed by atoms with Gasteiger partial charge in [0.25, 0.3) is 5.91 Å². The van der Waals surface area contributed by atoms with E-state index in [4.69, 9.17) is 0 Å². The molecule has 0 aliphatic heterocycles. The number of rotatable bonds is 4. The van der Waals surface area contributed by atoms with E-state index < -0.39 is 11.6 Å². The molecule has 4 aromatic rings. The maximum Gasteiger partial charge on any atom is 0.253 e. The van der Waals surface area contributed by atoms with Crippen LogP contribution in [-0.4, -0.2) is 15.5 Å². The van der Waals surface area contributed by atoms with Gasteiger partial charge in [0.15, 0.2) is 0 Å². The average Bonchev–Trinajstić information content (AvgIpc) is 3.33. The van der Waals surface area contributed by atoms with E-state index in [0.717, 1.165) is 17.5 Å². The number of aromatic nitrogens is 2. The predicted octanol–water partition coefficient (Wildman–Crippen LogP) is 6.27. The monoisotopic (exact) mass is 463 g/mol. The third kappa shape index (κ3) is 3.56. The summed E-state index contributed by atoms with van der Waals surface area (Å²) in [4.78, 5) is 13.4. The number of nitrogens with one attached hydrogen (secondary N) is 1. The molecule has 0 bridgehead atoms. The summed E-state index contributed by atoms with van der Waals surface area (Å²) < 4.78 is 44.6. The van der Waals surface area contributed by atoms with Gasteiger partial charge < -0.3 is 5.32 Å². The van der Waals surface area contributed by atoms with Crippen molar-refractivity contribution in [3.8, 4) is 11.1 Å². The number of carbonyl (C=O) groups excluding carboxylic acids is 1. The Bertz CT molecular complexity index is 1420. The molecule has 7 heteroatoms. The number of amides is 1. The summed E-state index contributed by atoms with van der Waals surface area (Å²) in [5.74, 6) is -2.06. The first-order valence-electron chi connectivity index (χ1n) is 11.3. The highest BCUT2D eigenvalue weighted by Gasteiger charge is 2.28. The van der Waals surface area contributed by atoms with Crippen molar-refractivity contribution in [2.45, 2.75) is 45.6 Å². The predicted molar refractivity (Wildman–Crippen MR) is 124 cm³/mol. The molecule has 1 unspecified atom stereocenters. The van der Waals surface area contributed by atoms with Gasteiger partial charge in [0.1, 0.15) is 17.5 Å². The Morgan fingerprint density at radius 2 is 1.79 bits per heavy atom. The van der Waals surface area contributed by atoms with Crippen molar-refractivity contribution in [3.63, 3.8) is 0 Å². The SMILES string of the molecule is Cc1nn2c(C(C)C)c(C(=O)NC3CCc4ccc(F)cc43)ccc2c1-c1c(F)cccc1F. The Hall–Kier alpha value is -3.61. The lowest BCUT2D eigenvalue weighted by Crippen LogP contribution is -2.29. The van der Waals surface area contributed by atoms with Crippen LogP contribution in [-0.2, 0) is 6.42 Å². The molecule has 2 aromatic carbocycles. The van der Waals surface area contributed by atoms with Crippen LogP contribution in [0.2, 0.25) is 0 Å². The number of benzene rings is 2. The fourth-order valence-corrected chi connectivity index (χ4v) is 5.00. The van der Waals surface area contributed by atoms with E-state index in [2.05, 4.69) is 10.4 Å². The summed E-state index contributed by atoms with van der Waals surface area (Å²) in [6.45, 7) is 5.57. The molecule has 5 rings (SSSR count). The summed E-state index contributed by atoms with van der Waals surface area (Å²) in [7, 11) is 0. The lowest BCUT2D eigenvalue weighted by atomic mass is 9.99. The fourth-order valence-electron chi connectivity index (χ4n) is 5.00. The zero-order valence-electron chi connectivity index (χ0n) is 19.1. The Morgan fingerprint density at radius 1 is 1.06 bits per heavy atom. The van der Waals surface area contributed by atoms with Crippen molar-refractivity contribution in [2.24, 2.45) is 0 Å². The molecular formula is C27H24F3N3O. The second-order valence-electron chi connectivity index (χ2n) is 9.05. The standard InChI is InChI=1S/C27H24F3N3O/c1-14(2)26-18(27(34)31-22-11-8-16-7-9-17(28)13-19(16)22)10-12-23-24(15(3)32-33(23)26)25-20(29)5-4-6-21(25)30/h4-7,9-10,12-14,22H,8,11H2,1-3H3,(H,31,34). The molecule has 2 heterocycles. The van der Waals surface area contributed by atoms with Gasteiger partial charge >= 0.3 is 0 Å². The van der Waals surface area contributed by atoms with Crippen LogP contribution in [0.1, 0.15) is 65.1 Å². The van der Waals surface area contributed by atoms with Gasteiger partial charge in [0.2, 0.25) is 0 Å². The smallest absolute Gasteiger partial charge is 0.253 e. The molecule has 0 saturated heterocycles. The van der Waals surface area contributed by atoms with E-state index in [0.29, 0.717) is 34.5 Å². The van der Waals surface area contributed by atoms with Gasteiger partial charge in [-0.3, -0.25) is 4.79 Å². The van der Waals surface area contributed by atoms with Gasteiger partial charge in [-0.2, -0.15) is 5.10 Å². The van der Waals surface area contributed by atoms with Crippen LogP contribution in [0.15, 0.2) is 48.5 Å². The summed E-state index contributed by atoms with van der Waals surface area (Å²) >= 11 is 0. The first-order chi connectivity index (χ1) is 16.3. The van der Waals surface area contributed by atoms with Crippen LogP contribution in [0.3, 0.4) is 0 Å². The molecule has 1 N–H and O–H groups in total. The van der Waals surface area contributed by atoms with Crippen LogP contribution in [0.4, 0.5) is 13.2 Å². The molecule has 0 saturated carbocycles. The van der Waals surface area contributed by atoms with E-state index in [-0.39, 0.29) is 29.2 Å². The van der Waals surface area contributed by atoms with E-state index in [1.54, 1.807) is 29.6 Å². The molecule has 4 nitrogen and oxygen atoms in total. The van der Waals surface area contributed by atoms with Crippen molar-refractivity contribution in [2.75, 3.05) is 0 Å². The molecule has 174 valence electrons. The highest BCUT2D eigenvalue weighted by atomic mass is 19.1. The van der Waals surface area contributed by atoms with Gasteiger partial charge in [-0.1, -0.05) is 26.0 Å². The normalized spacial score (nSPS) is 15.2. The maximum absolute atomic E-state index is 14.6. The third-order valence-corrected chi connectivity index (χ3v) is 6.50. The van der Waals surface area contributed by atoms with Crippen LogP contribution in [0.25, 0.3) is 16.6 Å². The Morgan fingerprint density at radius 3 is 2.50 bits per heavy atom. The number of fused-ring (bicyclic) bond motifs is 2. The van der Waals surface area contributed by atoms with Crippen LogP contribution >= 0.6 is 0 Å². The van der Waals surface area contributed by atoms with Crippen molar-refractivity contribution in [1.29, 1.82) is 0 Å². The lowest BCUT2D eigenvalue weighted by molar-refractivity contribution is 0.0934. The Balaban J connectivity index is 1.59. The average molecular weight is 464 g/mol.